The average Bonchev–Trinajstić information content (AvgIpc) is 2.51. The van der Waals surface area contributed by atoms with Crippen LogP contribution in [0.4, 0.5) is 8.78 Å². The second-order valence-electron chi connectivity index (χ2n) is 5.31. The highest BCUT2D eigenvalue weighted by molar-refractivity contribution is 5.87. The molecule has 0 aliphatic heterocycles. The van der Waals surface area contributed by atoms with Crippen molar-refractivity contribution < 1.29 is 13.5 Å². The van der Waals surface area contributed by atoms with Gasteiger partial charge >= 0.3 is 0 Å². The molecular formula is C18H16F2N2O. The maximum Gasteiger partial charge on any atom is 0.213 e. The Morgan fingerprint density at radius 3 is 2.52 bits per heavy atom. The second-order valence-corrected chi connectivity index (χ2v) is 5.31. The standard InChI is InChI=1S/C18H16F2N2O/c1-4-23-16-6-5-12(9-21-16)18-11(3)10(2)17-14(20)7-13(19)8-15(17)22-18/h5-9H,4H2,1-3H3. The van der Waals surface area contributed by atoms with Crippen molar-refractivity contribution in [1.29, 1.82) is 0 Å². The Kier molecular flexibility index (Phi) is 3.94. The fourth-order valence-corrected chi connectivity index (χ4v) is 2.62. The Hall–Kier alpha value is -2.56. The van der Waals surface area contributed by atoms with E-state index in [4.69, 9.17) is 4.74 Å². The number of ether oxygens (including phenoxy) is 1. The fourth-order valence-electron chi connectivity index (χ4n) is 2.62. The molecule has 2 aromatic heterocycles. The van der Waals surface area contributed by atoms with E-state index in [2.05, 4.69) is 9.97 Å². The van der Waals surface area contributed by atoms with Crippen LogP contribution in [0.25, 0.3) is 22.2 Å². The zero-order chi connectivity index (χ0) is 16.6. The summed E-state index contributed by atoms with van der Waals surface area (Å²) >= 11 is 0. The van der Waals surface area contributed by atoms with Gasteiger partial charge in [-0.05, 0) is 38.0 Å². The predicted octanol–water partition coefficient (Wildman–Crippen LogP) is 4.59. The van der Waals surface area contributed by atoms with Gasteiger partial charge in [0.25, 0.3) is 0 Å². The van der Waals surface area contributed by atoms with Gasteiger partial charge < -0.3 is 4.74 Å². The first-order chi connectivity index (χ1) is 11.0. The van der Waals surface area contributed by atoms with Crippen molar-refractivity contribution in [2.75, 3.05) is 6.61 Å². The molecule has 118 valence electrons. The third kappa shape index (κ3) is 2.74. The normalized spacial score (nSPS) is 11.0. The number of hydrogen-bond donors (Lipinski definition) is 0. The molecule has 0 fully saturated rings. The molecule has 3 aromatic rings. The van der Waals surface area contributed by atoms with E-state index in [0.717, 1.165) is 22.8 Å². The highest BCUT2D eigenvalue weighted by atomic mass is 19.1. The summed E-state index contributed by atoms with van der Waals surface area (Å²) < 4.78 is 32.9. The van der Waals surface area contributed by atoms with Crippen LogP contribution < -0.4 is 4.74 Å². The van der Waals surface area contributed by atoms with E-state index in [1.807, 2.05) is 26.8 Å². The Morgan fingerprint density at radius 2 is 1.87 bits per heavy atom. The number of aromatic nitrogens is 2. The van der Waals surface area contributed by atoms with Crippen molar-refractivity contribution in [1.82, 2.24) is 9.97 Å². The lowest BCUT2D eigenvalue weighted by molar-refractivity contribution is 0.327. The molecule has 0 unspecified atom stereocenters. The lowest BCUT2D eigenvalue weighted by Crippen LogP contribution is -1.99. The monoisotopic (exact) mass is 314 g/mol. The number of fused-ring (bicyclic) bond motifs is 1. The second kappa shape index (κ2) is 5.91. The average molecular weight is 314 g/mol. The van der Waals surface area contributed by atoms with Crippen LogP contribution in [-0.2, 0) is 0 Å². The zero-order valence-corrected chi connectivity index (χ0v) is 13.2. The van der Waals surface area contributed by atoms with Crippen molar-refractivity contribution in [3.63, 3.8) is 0 Å². The largest absolute Gasteiger partial charge is 0.478 e. The van der Waals surface area contributed by atoms with Crippen LogP contribution in [0.5, 0.6) is 5.88 Å². The number of hydrogen-bond acceptors (Lipinski definition) is 3. The van der Waals surface area contributed by atoms with Crippen molar-refractivity contribution in [3.8, 4) is 17.1 Å². The van der Waals surface area contributed by atoms with Gasteiger partial charge in [0, 0.05) is 35.3 Å². The Bertz CT molecular complexity index is 877. The maximum absolute atomic E-state index is 14.1. The van der Waals surface area contributed by atoms with E-state index in [1.165, 1.54) is 6.07 Å². The summed E-state index contributed by atoms with van der Waals surface area (Å²) in [5.41, 5.74) is 3.33. The van der Waals surface area contributed by atoms with Gasteiger partial charge in [-0.15, -0.1) is 0 Å². The van der Waals surface area contributed by atoms with Gasteiger partial charge in [-0.25, -0.2) is 18.7 Å². The molecule has 0 aliphatic carbocycles. The minimum atomic E-state index is -0.637. The summed E-state index contributed by atoms with van der Waals surface area (Å²) in [6.45, 7) is 6.11. The van der Waals surface area contributed by atoms with Gasteiger partial charge in [0.05, 0.1) is 17.8 Å². The number of benzene rings is 1. The van der Waals surface area contributed by atoms with Crippen molar-refractivity contribution in [2.45, 2.75) is 20.8 Å². The van der Waals surface area contributed by atoms with Crippen LogP contribution in [0, 0.1) is 25.5 Å². The highest BCUT2D eigenvalue weighted by Gasteiger charge is 2.15. The van der Waals surface area contributed by atoms with Gasteiger partial charge in [-0.1, -0.05) is 0 Å². The molecule has 0 amide bonds. The molecular weight excluding hydrogens is 298 g/mol. The topological polar surface area (TPSA) is 35.0 Å². The first kappa shape index (κ1) is 15.3. The molecule has 0 spiro atoms. The van der Waals surface area contributed by atoms with E-state index < -0.39 is 11.6 Å². The molecule has 0 N–H and O–H groups in total. The van der Waals surface area contributed by atoms with Crippen molar-refractivity contribution in [3.05, 3.63) is 53.2 Å². The van der Waals surface area contributed by atoms with Crippen molar-refractivity contribution in [2.24, 2.45) is 0 Å². The first-order valence-electron chi connectivity index (χ1n) is 7.36. The summed E-state index contributed by atoms with van der Waals surface area (Å²) in [6.07, 6.45) is 1.65. The van der Waals surface area contributed by atoms with E-state index in [1.54, 1.807) is 12.3 Å². The van der Waals surface area contributed by atoms with Crippen LogP contribution >= 0.6 is 0 Å². The molecule has 3 rings (SSSR count). The van der Waals surface area contributed by atoms with Gasteiger partial charge in [-0.2, -0.15) is 0 Å². The van der Waals surface area contributed by atoms with Gasteiger partial charge in [-0.3, -0.25) is 0 Å². The number of halogens is 2. The molecule has 0 atom stereocenters. The Balaban J connectivity index is 2.19. The molecule has 23 heavy (non-hydrogen) atoms. The van der Waals surface area contributed by atoms with Crippen LogP contribution in [0.3, 0.4) is 0 Å². The molecule has 0 bridgehead atoms. The Morgan fingerprint density at radius 1 is 1.09 bits per heavy atom. The molecule has 0 saturated carbocycles. The van der Waals surface area contributed by atoms with Crippen LogP contribution in [0.15, 0.2) is 30.5 Å². The molecule has 0 aliphatic rings. The number of rotatable bonds is 3. The number of pyridine rings is 2. The molecule has 3 nitrogen and oxygen atoms in total. The minimum absolute atomic E-state index is 0.300. The van der Waals surface area contributed by atoms with E-state index in [-0.39, 0.29) is 0 Å². The van der Waals surface area contributed by atoms with E-state index in [9.17, 15) is 8.78 Å². The SMILES string of the molecule is CCOc1ccc(-c2nc3cc(F)cc(F)c3c(C)c2C)cn1. The van der Waals surface area contributed by atoms with E-state index in [0.29, 0.717) is 29.1 Å². The van der Waals surface area contributed by atoms with E-state index >= 15 is 0 Å². The third-order valence-electron chi connectivity index (χ3n) is 3.86. The fraction of sp³-hybridized carbons (Fsp3) is 0.222. The maximum atomic E-state index is 14.1. The summed E-state index contributed by atoms with van der Waals surface area (Å²) in [5, 5.41) is 0.353. The highest BCUT2D eigenvalue weighted by Crippen LogP contribution is 2.31. The summed E-state index contributed by atoms with van der Waals surface area (Å²) in [7, 11) is 0. The minimum Gasteiger partial charge on any atom is -0.478 e. The van der Waals surface area contributed by atoms with Crippen LogP contribution in [0.1, 0.15) is 18.1 Å². The molecule has 5 heteroatoms. The summed E-state index contributed by atoms with van der Waals surface area (Å²) in [6, 6.07) is 5.73. The summed E-state index contributed by atoms with van der Waals surface area (Å²) in [5.74, 6) is -0.700. The number of nitrogens with zero attached hydrogens (tertiary/aromatic N) is 2. The van der Waals surface area contributed by atoms with Crippen LogP contribution in [-0.4, -0.2) is 16.6 Å². The van der Waals surface area contributed by atoms with Gasteiger partial charge in [0.2, 0.25) is 5.88 Å². The first-order valence-corrected chi connectivity index (χ1v) is 7.36. The lowest BCUT2D eigenvalue weighted by atomic mass is 9.99. The third-order valence-corrected chi connectivity index (χ3v) is 3.86. The smallest absolute Gasteiger partial charge is 0.213 e. The zero-order valence-electron chi connectivity index (χ0n) is 13.2. The summed E-state index contributed by atoms with van der Waals surface area (Å²) in [4.78, 5) is 8.66. The lowest BCUT2D eigenvalue weighted by Gasteiger charge is -2.12. The molecule has 0 radical (unpaired) electrons. The Labute approximate surface area is 133 Å². The quantitative estimate of drug-likeness (QED) is 0.709. The number of aryl methyl sites for hydroxylation is 1. The van der Waals surface area contributed by atoms with Gasteiger partial charge in [0.15, 0.2) is 0 Å². The predicted molar refractivity (Wildman–Crippen MR) is 85.5 cm³/mol. The van der Waals surface area contributed by atoms with Crippen LogP contribution in [0.2, 0.25) is 0 Å². The van der Waals surface area contributed by atoms with Crippen molar-refractivity contribution >= 4 is 10.9 Å². The van der Waals surface area contributed by atoms with Gasteiger partial charge in [0.1, 0.15) is 11.6 Å². The molecule has 2 heterocycles. The molecule has 1 aromatic carbocycles. The molecule has 0 saturated heterocycles.